The first-order valence-corrected chi connectivity index (χ1v) is 13.4. The molecule has 1 aliphatic carbocycles. The van der Waals surface area contributed by atoms with E-state index in [9.17, 15) is 8.42 Å². The second kappa shape index (κ2) is 10.1. The Balaban J connectivity index is 1.47. The van der Waals surface area contributed by atoms with Crippen LogP contribution in [-0.4, -0.2) is 64.1 Å². The third-order valence-corrected chi connectivity index (χ3v) is 7.58. The third-order valence-electron chi connectivity index (χ3n) is 6.17. The van der Waals surface area contributed by atoms with Gasteiger partial charge in [0, 0.05) is 24.6 Å². The summed E-state index contributed by atoms with van der Waals surface area (Å²) in [5.41, 5.74) is 2.81. The first-order valence-electron chi connectivity index (χ1n) is 11.9. The molecule has 2 aromatic carbocycles. The number of anilines is 3. The Hall–Kier alpha value is -3.97. The average Bonchev–Trinajstić information content (AvgIpc) is 3.52. The Kier molecular flexibility index (Phi) is 6.80. The highest BCUT2D eigenvalue weighted by Crippen LogP contribution is 2.41. The van der Waals surface area contributed by atoms with Crippen LogP contribution < -0.4 is 24.2 Å². The average molecular weight is 543 g/mol. The van der Waals surface area contributed by atoms with Gasteiger partial charge in [0.25, 0.3) is 10.0 Å². The molecule has 202 valence electrons. The van der Waals surface area contributed by atoms with Crippen LogP contribution in [0.15, 0.2) is 39.8 Å². The minimum atomic E-state index is -4.19. The predicted octanol–water partition coefficient (Wildman–Crippen LogP) is 4.06. The highest BCUT2D eigenvalue weighted by Gasteiger charge is 2.29. The van der Waals surface area contributed by atoms with Crippen LogP contribution in [0, 0.1) is 0 Å². The van der Waals surface area contributed by atoms with Crippen molar-refractivity contribution in [1.29, 1.82) is 0 Å². The number of H-pyrrole nitrogens is 1. The Morgan fingerprint density at radius 1 is 1.03 bits per heavy atom. The summed E-state index contributed by atoms with van der Waals surface area (Å²) in [5.74, 6) is 1.99. The molecule has 12 nitrogen and oxygen atoms in total. The largest absolute Gasteiger partial charge is 0.495 e. The topological polar surface area (TPSA) is 144 Å². The number of benzene rings is 2. The van der Waals surface area contributed by atoms with Gasteiger partial charge in [0.2, 0.25) is 0 Å². The number of ether oxygens (including phenoxy) is 3. The first-order chi connectivity index (χ1) is 18.2. The summed E-state index contributed by atoms with van der Waals surface area (Å²) in [6.45, 7) is 0.574. The van der Waals surface area contributed by atoms with Gasteiger partial charge < -0.3 is 29.0 Å². The molecule has 2 heterocycles. The van der Waals surface area contributed by atoms with Gasteiger partial charge in [0.15, 0.2) is 16.3 Å². The van der Waals surface area contributed by atoms with Crippen LogP contribution in [0.3, 0.4) is 0 Å². The molecular formula is C25H30N6O6S. The van der Waals surface area contributed by atoms with E-state index >= 15 is 0 Å². The third kappa shape index (κ3) is 5.07. The van der Waals surface area contributed by atoms with Crippen LogP contribution in [0.5, 0.6) is 17.2 Å². The van der Waals surface area contributed by atoms with Crippen molar-refractivity contribution in [2.75, 3.05) is 45.5 Å². The minimum Gasteiger partial charge on any atom is -0.495 e. The summed E-state index contributed by atoms with van der Waals surface area (Å²) >= 11 is 0. The summed E-state index contributed by atoms with van der Waals surface area (Å²) in [5, 5.41) is 15.0. The van der Waals surface area contributed by atoms with Crippen molar-refractivity contribution in [1.82, 2.24) is 20.3 Å². The molecule has 13 heteroatoms. The molecule has 0 atom stereocenters. The number of rotatable bonds is 11. The predicted molar refractivity (Wildman–Crippen MR) is 142 cm³/mol. The lowest BCUT2D eigenvalue weighted by Gasteiger charge is -2.17. The zero-order valence-electron chi connectivity index (χ0n) is 21.8. The number of nitrogens with one attached hydrogen (secondary N) is 3. The van der Waals surface area contributed by atoms with Gasteiger partial charge in [-0.25, -0.2) is 8.42 Å². The maximum atomic E-state index is 13.5. The number of sulfonamides is 1. The van der Waals surface area contributed by atoms with Crippen molar-refractivity contribution in [3.63, 3.8) is 0 Å². The summed E-state index contributed by atoms with van der Waals surface area (Å²) in [6.07, 6.45) is 2.29. The molecule has 0 aliphatic heterocycles. The standard InChI is InChI=1S/C25H30N6O6S/c1-31(2)13-14-8-21(35-4)24(22(9-14)36-5)38(32,33)30-25-16-10-20(34-3)18(11-19(16)37-29-25)26-23-12-17(27-28-23)15-6-7-15/h8-12,15H,6-7,13H2,1-5H3,(H,29,30)(H2,26,27,28). The smallest absolute Gasteiger partial charge is 0.270 e. The van der Waals surface area contributed by atoms with E-state index in [-0.39, 0.29) is 22.2 Å². The van der Waals surface area contributed by atoms with Crippen LogP contribution >= 0.6 is 0 Å². The summed E-state index contributed by atoms with van der Waals surface area (Å²) in [4.78, 5) is 1.81. The molecule has 1 fully saturated rings. The zero-order valence-corrected chi connectivity index (χ0v) is 22.6. The van der Waals surface area contributed by atoms with Gasteiger partial charge in [-0.1, -0.05) is 5.16 Å². The van der Waals surface area contributed by atoms with E-state index in [1.54, 1.807) is 24.3 Å². The van der Waals surface area contributed by atoms with E-state index in [0.717, 1.165) is 24.1 Å². The highest BCUT2D eigenvalue weighted by molar-refractivity contribution is 7.93. The molecule has 1 saturated carbocycles. The van der Waals surface area contributed by atoms with Crippen molar-refractivity contribution >= 4 is 38.3 Å². The van der Waals surface area contributed by atoms with Crippen molar-refractivity contribution in [3.8, 4) is 17.2 Å². The van der Waals surface area contributed by atoms with Gasteiger partial charge in [-0.15, -0.1) is 0 Å². The van der Waals surface area contributed by atoms with E-state index in [4.69, 9.17) is 18.7 Å². The molecule has 3 N–H and O–H groups in total. The normalized spacial score (nSPS) is 13.6. The number of hydrogen-bond acceptors (Lipinski definition) is 10. The SMILES string of the molecule is COc1cc2c(NS(=O)(=O)c3c(OC)cc(CN(C)C)cc3OC)noc2cc1Nc1cc(C2CC2)n[nH]1. The lowest BCUT2D eigenvalue weighted by Crippen LogP contribution is -2.17. The van der Waals surface area contributed by atoms with Gasteiger partial charge in [0.1, 0.15) is 23.1 Å². The van der Waals surface area contributed by atoms with Crippen LogP contribution in [-0.2, 0) is 16.6 Å². The molecule has 38 heavy (non-hydrogen) atoms. The second-order valence-electron chi connectivity index (χ2n) is 9.36. The van der Waals surface area contributed by atoms with Crippen molar-refractivity contribution in [2.24, 2.45) is 0 Å². The van der Waals surface area contributed by atoms with E-state index in [0.29, 0.717) is 40.7 Å². The van der Waals surface area contributed by atoms with E-state index < -0.39 is 10.0 Å². The Bertz CT molecular complexity index is 1550. The van der Waals surface area contributed by atoms with Crippen molar-refractivity contribution in [2.45, 2.75) is 30.2 Å². The summed E-state index contributed by atoms with van der Waals surface area (Å²) in [6, 6.07) is 8.64. The van der Waals surface area contributed by atoms with Gasteiger partial charge in [-0.3, -0.25) is 9.82 Å². The molecule has 5 rings (SSSR count). The molecule has 0 unspecified atom stereocenters. The van der Waals surface area contributed by atoms with Gasteiger partial charge in [-0.05, 0) is 50.7 Å². The van der Waals surface area contributed by atoms with Gasteiger partial charge in [0.05, 0.1) is 38.1 Å². The molecule has 0 spiro atoms. The Morgan fingerprint density at radius 2 is 1.71 bits per heavy atom. The monoisotopic (exact) mass is 542 g/mol. The lowest BCUT2D eigenvalue weighted by molar-refractivity contribution is 0.366. The van der Waals surface area contributed by atoms with Crippen LogP contribution in [0.1, 0.15) is 30.0 Å². The molecule has 0 saturated heterocycles. The molecule has 4 aromatic rings. The van der Waals surface area contributed by atoms with Crippen molar-refractivity contribution in [3.05, 3.63) is 41.6 Å². The maximum Gasteiger partial charge on any atom is 0.270 e. The molecule has 0 radical (unpaired) electrons. The highest BCUT2D eigenvalue weighted by atomic mass is 32.2. The molecule has 0 bridgehead atoms. The number of nitrogens with zero attached hydrogens (tertiary/aromatic N) is 3. The van der Waals surface area contributed by atoms with Crippen LogP contribution in [0.4, 0.5) is 17.3 Å². The summed E-state index contributed by atoms with van der Waals surface area (Å²) in [7, 11) is 3.98. The van der Waals surface area contributed by atoms with Crippen LogP contribution in [0.25, 0.3) is 11.0 Å². The van der Waals surface area contributed by atoms with E-state index in [2.05, 4.69) is 25.4 Å². The quantitative estimate of drug-likeness (QED) is 0.254. The van der Waals surface area contributed by atoms with E-state index in [1.165, 1.54) is 21.3 Å². The van der Waals surface area contributed by atoms with Crippen molar-refractivity contribution < 1.29 is 27.2 Å². The van der Waals surface area contributed by atoms with Gasteiger partial charge >= 0.3 is 0 Å². The molecule has 2 aromatic heterocycles. The van der Waals surface area contributed by atoms with Gasteiger partial charge in [-0.2, -0.15) is 5.10 Å². The second-order valence-corrected chi connectivity index (χ2v) is 11.0. The number of fused-ring (bicyclic) bond motifs is 1. The lowest BCUT2D eigenvalue weighted by atomic mass is 10.2. The Morgan fingerprint density at radius 3 is 2.32 bits per heavy atom. The van der Waals surface area contributed by atoms with E-state index in [1.807, 2.05) is 25.1 Å². The molecule has 1 aliphatic rings. The zero-order chi connectivity index (χ0) is 27.0. The maximum absolute atomic E-state index is 13.5. The summed E-state index contributed by atoms with van der Waals surface area (Å²) < 4.78 is 51.5. The molecular weight excluding hydrogens is 512 g/mol. The number of aromatic amines is 1. The Labute approximate surface area is 220 Å². The fourth-order valence-electron chi connectivity index (χ4n) is 4.27. The first kappa shape index (κ1) is 25.7. The minimum absolute atomic E-state index is 0.00360. The fourth-order valence-corrected chi connectivity index (χ4v) is 5.59. The molecule has 0 amide bonds. The number of hydrogen-bond donors (Lipinski definition) is 3. The van der Waals surface area contributed by atoms with Crippen LogP contribution in [0.2, 0.25) is 0 Å². The number of aromatic nitrogens is 3. The number of methoxy groups -OCH3 is 3. The fraction of sp³-hybridized carbons (Fsp3) is 0.360.